The van der Waals surface area contributed by atoms with Gasteiger partial charge in [-0.25, -0.2) is 19.8 Å². The molecule has 9 nitrogen and oxygen atoms in total. The predicted molar refractivity (Wildman–Crippen MR) is 103 cm³/mol. The number of benzene rings is 1. The number of aromatic nitrogens is 2. The SMILES string of the molecule is [2H]C(CC1CN(c2nc(CC)nc3cc(OC)c(OC)cc23)C1)NS(N)(=O)=O. The zero-order valence-corrected chi connectivity index (χ0v) is 16.4. The molecule has 1 fully saturated rings. The van der Waals surface area contributed by atoms with Crippen LogP contribution in [0, 0.1) is 5.92 Å². The van der Waals surface area contributed by atoms with E-state index in [1.165, 1.54) is 0 Å². The van der Waals surface area contributed by atoms with E-state index in [1.807, 2.05) is 19.1 Å². The average Bonchev–Trinajstić information content (AvgIpc) is 2.60. The first-order valence-electron chi connectivity index (χ1n) is 9.21. The van der Waals surface area contributed by atoms with Crippen molar-refractivity contribution in [3.63, 3.8) is 0 Å². The van der Waals surface area contributed by atoms with E-state index in [9.17, 15) is 8.42 Å². The highest BCUT2D eigenvalue weighted by Gasteiger charge is 2.29. The number of hydrogen-bond donors (Lipinski definition) is 2. The second-order valence-electron chi connectivity index (χ2n) is 6.42. The molecule has 1 aromatic carbocycles. The third-order valence-electron chi connectivity index (χ3n) is 4.50. The Kier molecular flexibility index (Phi) is 5.28. The molecule has 148 valence electrons. The van der Waals surface area contributed by atoms with E-state index in [0.717, 1.165) is 22.5 Å². The molecule has 0 bridgehead atoms. The molecular formula is C17H25N5O4S. The Morgan fingerprint density at radius 1 is 1.30 bits per heavy atom. The van der Waals surface area contributed by atoms with Crippen molar-refractivity contribution in [2.45, 2.75) is 19.8 Å². The molecule has 0 spiro atoms. The minimum absolute atomic E-state index is 0.173. The Hall–Kier alpha value is -2.17. The van der Waals surface area contributed by atoms with Crippen LogP contribution in [-0.4, -0.2) is 52.2 Å². The molecule has 2 heterocycles. The molecule has 1 atom stereocenters. The number of anilines is 1. The lowest BCUT2D eigenvalue weighted by Crippen LogP contribution is -2.48. The van der Waals surface area contributed by atoms with E-state index in [2.05, 4.69) is 19.6 Å². The molecule has 0 radical (unpaired) electrons. The Labute approximate surface area is 160 Å². The number of aryl methyl sites for hydroxylation is 1. The summed E-state index contributed by atoms with van der Waals surface area (Å²) >= 11 is 0. The summed E-state index contributed by atoms with van der Waals surface area (Å²) in [6, 6.07) is 3.71. The number of nitrogens with zero attached hydrogens (tertiary/aromatic N) is 3. The highest BCUT2D eigenvalue weighted by molar-refractivity contribution is 7.87. The van der Waals surface area contributed by atoms with Gasteiger partial charge < -0.3 is 14.4 Å². The van der Waals surface area contributed by atoms with Crippen molar-refractivity contribution in [2.75, 3.05) is 38.7 Å². The zero-order chi connectivity index (χ0) is 20.5. The highest BCUT2D eigenvalue weighted by atomic mass is 32.2. The first-order valence-corrected chi connectivity index (χ1v) is 10.2. The lowest BCUT2D eigenvalue weighted by atomic mass is 9.96. The summed E-state index contributed by atoms with van der Waals surface area (Å²) in [5, 5.41) is 5.79. The van der Waals surface area contributed by atoms with Gasteiger partial charge in [0.15, 0.2) is 11.5 Å². The van der Waals surface area contributed by atoms with Gasteiger partial charge in [0.1, 0.15) is 11.6 Å². The van der Waals surface area contributed by atoms with Gasteiger partial charge in [0.2, 0.25) is 0 Å². The molecule has 0 saturated carbocycles. The summed E-state index contributed by atoms with van der Waals surface area (Å²) in [5.41, 5.74) is 0.775. The topological polar surface area (TPSA) is 120 Å². The number of nitrogens with one attached hydrogen (secondary N) is 1. The van der Waals surface area contributed by atoms with Crippen LogP contribution in [0.2, 0.25) is 0 Å². The van der Waals surface area contributed by atoms with Crippen molar-refractivity contribution in [3.8, 4) is 11.5 Å². The lowest BCUT2D eigenvalue weighted by Gasteiger charge is -2.41. The molecule has 3 rings (SSSR count). The van der Waals surface area contributed by atoms with Crippen molar-refractivity contribution in [2.24, 2.45) is 11.1 Å². The first-order chi connectivity index (χ1) is 13.2. The van der Waals surface area contributed by atoms with E-state index in [-0.39, 0.29) is 5.92 Å². The monoisotopic (exact) mass is 396 g/mol. The molecule has 1 aromatic heterocycles. The maximum atomic E-state index is 11.0. The van der Waals surface area contributed by atoms with E-state index in [0.29, 0.717) is 37.4 Å². The molecule has 27 heavy (non-hydrogen) atoms. The van der Waals surface area contributed by atoms with Gasteiger partial charge in [-0.15, -0.1) is 0 Å². The molecule has 1 saturated heterocycles. The van der Waals surface area contributed by atoms with Crippen molar-refractivity contribution >= 4 is 26.9 Å². The number of methoxy groups -OCH3 is 2. The highest BCUT2D eigenvalue weighted by Crippen LogP contribution is 2.37. The fourth-order valence-electron chi connectivity index (χ4n) is 3.11. The van der Waals surface area contributed by atoms with Gasteiger partial charge in [0.25, 0.3) is 10.2 Å². The van der Waals surface area contributed by atoms with Gasteiger partial charge >= 0.3 is 0 Å². The van der Waals surface area contributed by atoms with Crippen LogP contribution in [0.5, 0.6) is 11.5 Å². The molecule has 1 aliphatic rings. The van der Waals surface area contributed by atoms with E-state index in [4.69, 9.17) is 16.0 Å². The maximum absolute atomic E-state index is 11.0. The maximum Gasteiger partial charge on any atom is 0.274 e. The summed E-state index contributed by atoms with van der Waals surface area (Å²) in [6.45, 7) is 2.38. The van der Waals surface area contributed by atoms with Crippen LogP contribution < -0.4 is 24.2 Å². The summed E-state index contributed by atoms with van der Waals surface area (Å²) < 4.78 is 42.8. The summed E-state index contributed by atoms with van der Waals surface area (Å²) in [5.74, 6) is 2.92. The van der Waals surface area contributed by atoms with Crippen LogP contribution in [0.15, 0.2) is 12.1 Å². The van der Waals surface area contributed by atoms with Crippen LogP contribution in [0.4, 0.5) is 5.82 Å². The molecular weight excluding hydrogens is 370 g/mol. The predicted octanol–water partition coefficient (Wildman–Crippen LogP) is 0.829. The molecule has 3 N–H and O–H groups in total. The number of nitrogens with two attached hydrogens (primary N) is 1. The van der Waals surface area contributed by atoms with E-state index < -0.39 is 16.7 Å². The van der Waals surface area contributed by atoms with Gasteiger partial charge in [0.05, 0.1) is 19.7 Å². The van der Waals surface area contributed by atoms with E-state index in [1.54, 1.807) is 14.2 Å². The fourth-order valence-corrected chi connectivity index (χ4v) is 3.44. The van der Waals surface area contributed by atoms with Crippen LogP contribution in [-0.2, 0) is 16.6 Å². The summed E-state index contributed by atoms with van der Waals surface area (Å²) in [4.78, 5) is 11.4. The quantitative estimate of drug-likeness (QED) is 0.678. The largest absolute Gasteiger partial charge is 0.493 e. The zero-order valence-electron chi connectivity index (χ0n) is 16.6. The van der Waals surface area contributed by atoms with Gasteiger partial charge in [-0.3, -0.25) is 0 Å². The number of ether oxygens (including phenoxy) is 2. The van der Waals surface area contributed by atoms with Crippen molar-refractivity contribution in [3.05, 3.63) is 18.0 Å². The smallest absolute Gasteiger partial charge is 0.274 e. The van der Waals surface area contributed by atoms with Crippen molar-refractivity contribution < 1.29 is 19.3 Å². The number of hydrogen-bond acceptors (Lipinski definition) is 7. The minimum atomic E-state index is -3.87. The summed E-state index contributed by atoms with van der Waals surface area (Å²) in [6.07, 6.45) is 1.08. The molecule has 0 amide bonds. The van der Waals surface area contributed by atoms with Crippen LogP contribution in [0.3, 0.4) is 0 Å². The molecule has 10 heteroatoms. The Bertz CT molecular complexity index is 966. The Morgan fingerprint density at radius 3 is 2.56 bits per heavy atom. The molecule has 1 aliphatic heterocycles. The van der Waals surface area contributed by atoms with Gasteiger partial charge in [-0.2, -0.15) is 8.42 Å². The molecule has 0 aliphatic carbocycles. The number of rotatable bonds is 8. The van der Waals surface area contributed by atoms with Crippen LogP contribution >= 0.6 is 0 Å². The first kappa shape index (κ1) is 18.2. The van der Waals surface area contributed by atoms with Gasteiger partial charge in [-0.1, -0.05) is 6.92 Å². The average molecular weight is 396 g/mol. The van der Waals surface area contributed by atoms with Crippen LogP contribution in [0.25, 0.3) is 10.9 Å². The Balaban J connectivity index is 1.83. The molecule has 1 unspecified atom stereocenters. The lowest BCUT2D eigenvalue weighted by molar-refractivity contribution is 0.355. The Morgan fingerprint density at radius 2 is 1.96 bits per heavy atom. The second kappa shape index (κ2) is 7.83. The number of fused-ring (bicyclic) bond motifs is 1. The van der Waals surface area contributed by atoms with Crippen LogP contribution in [0.1, 0.15) is 20.5 Å². The summed E-state index contributed by atoms with van der Waals surface area (Å²) in [7, 11) is -0.705. The van der Waals surface area contributed by atoms with Crippen molar-refractivity contribution in [1.29, 1.82) is 0 Å². The molecule has 2 aromatic rings. The van der Waals surface area contributed by atoms with Crippen molar-refractivity contribution in [1.82, 2.24) is 14.7 Å². The minimum Gasteiger partial charge on any atom is -0.493 e. The second-order valence-corrected chi connectivity index (χ2v) is 7.74. The van der Waals surface area contributed by atoms with E-state index >= 15 is 0 Å². The third kappa shape index (κ3) is 4.40. The normalized spacial score (nSPS) is 16.7. The fraction of sp³-hybridized carbons (Fsp3) is 0.529. The van der Waals surface area contributed by atoms with Gasteiger partial charge in [0, 0.05) is 38.9 Å². The van der Waals surface area contributed by atoms with Gasteiger partial charge in [-0.05, 0) is 18.4 Å². The third-order valence-corrected chi connectivity index (χ3v) is 4.99. The standard InChI is InChI=1S/C17H25N5O4S/c1-4-16-20-13-8-15(26-3)14(25-2)7-12(13)17(21-16)22-9-11(10-22)5-6-19-27(18,23)24/h7-8,11,19H,4-6,9-10H2,1-3H3,(H2,18,23,24)/i6D.